The molecule has 2 amide bonds. The van der Waals surface area contributed by atoms with Crippen molar-refractivity contribution in [1.82, 2.24) is 14.8 Å². The van der Waals surface area contributed by atoms with Gasteiger partial charge in [0.1, 0.15) is 0 Å². The Hall–Kier alpha value is -1.47. The molecule has 1 fully saturated rings. The highest BCUT2D eigenvalue weighted by atomic mass is 32.1. The number of piperazine rings is 1. The highest BCUT2D eigenvalue weighted by Crippen LogP contribution is 2.11. The molecule has 6 nitrogen and oxygen atoms in total. The number of rotatable bonds is 4. The first-order valence-corrected chi connectivity index (χ1v) is 7.64. The predicted molar refractivity (Wildman–Crippen MR) is 78.6 cm³/mol. The Morgan fingerprint density at radius 2 is 2.05 bits per heavy atom. The lowest BCUT2D eigenvalue weighted by atomic mass is 10.1. The molecule has 0 saturated carbocycles. The number of thiazole rings is 1. The van der Waals surface area contributed by atoms with E-state index >= 15 is 0 Å². The van der Waals surface area contributed by atoms with Crippen LogP contribution >= 0.6 is 11.3 Å². The number of amides is 2. The Labute approximate surface area is 122 Å². The summed E-state index contributed by atoms with van der Waals surface area (Å²) in [6.07, 6.45) is 1.66. The first-order valence-electron chi connectivity index (χ1n) is 6.76. The van der Waals surface area contributed by atoms with E-state index in [1.165, 1.54) is 11.3 Å². The standard InChI is InChI=1S/C13H20N4O2S/c1-10(2)12(19)17-6-4-16(5-7-17)9-11(18)15-13-14-3-8-20-13/h3,8,10H,4-7,9H2,1-2H3,(H,14,15,18). The fraction of sp³-hybridized carbons (Fsp3) is 0.615. The van der Waals surface area contributed by atoms with Gasteiger partial charge in [0, 0.05) is 43.7 Å². The molecule has 0 spiro atoms. The Balaban J connectivity index is 1.74. The number of nitrogens with one attached hydrogen (secondary N) is 1. The molecule has 0 radical (unpaired) electrons. The van der Waals surface area contributed by atoms with Crippen molar-refractivity contribution in [3.8, 4) is 0 Å². The summed E-state index contributed by atoms with van der Waals surface area (Å²) < 4.78 is 0. The number of aromatic nitrogens is 1. The Bertz CT molecular complexity index is 453. The van der Waals surface area contributed by atoms with Crippen molar-refractivity contribution in [3.05, 3.63) is 11.6 Å². The lowest BCUT2D eigenvalue weighted by Gasteiger charge is -2.35. The van der Waals surface area contributed by atoms with Crippen LogP contribution in [-0.2, 0) is 9.59 Å². The molecular weight excluding hydrogens is 276 g/mol. The maximum atomic E-state index is 11.9. The summed E-state index contributed by atoms with van der Waals surface area (Å²) in [6, 6.07) is 0. The molecule has 0 bridgehead atoms. The second-order valence-corrected chi connectivity index (χ2v) is 6.04. The molecule has 0 aromatic carbocycles. The van der Waals surface area contributed by atoms with E-state index in [1.807, 2.05) is 24.1 Å². The van der Waals surface area contributed by atoms with Gasteiger partial charge in [0.05, 0.1) is 6.54 Å². The van der Waals surface area contributed by atoms with Crippen molar-refractivity contribution in [2.24, 2.45) is 5.92 Å². The lowest BCUT2D eigenvalue weighted by Crippen LogP contribution is -2.51. The molecule has 2 rings (SSSR count). The summed E-state index contributed by atoms with van der Waals surface area (Å²) in [5.41, 5.74) is 0. The van der Waals surface area contributed by atoms with E-state index in [0.717, 1.165) is 13.1 Å². The van der Waals surface area contributed by atoms with E-state index in [1.54, 1.807) is 6.20 Å². The number of carbonyl (C=O) groups excluding carboxylic acids is 2. The summed E-state index contributed by atoms with van der Waals surface area (Å²) in [4.78, 5) is 31.7. The van der Waals surface area contributed by atoms with Crippen molar-refractivity contribution in [3.63, 3.8) is 0 Å². The number of anilines is 1. The highest BCUT2D eigenvalue weighted by Gasteiger charge is 2.23. The average molecular weight is 296 g/mol. The van der Waals surface area contributed by atoms with Gasteiger partial charge in [-0.05, 0) is 0 Å². The monoisotopic (exact) mass is 296 g/mol. The maximum absolute atomic E-state index is 11.9. The van der Waals surface area contributed by atoms with Crippen molar-refractivity contribution >= 4 is 28.3 Å². The molecule has 20 heavy (non-hydrogen) atoms. The van der Waals surface area contributed by atoms with Gasteiger partial charge in [-0.3, -0.25) is 14.5 Å². The first kappa shape index (κ1) is 14.9. The minimum absolute atomic E-state index is 0.0368. The van der Waals surface area contributed by atoms with Crippen LogP contribution in [-0.4, -0.2) is 59.3 Å². The summed E-state index contributed by atoms with van der Waals surface area (Å²) >= 11 is 1.41. The van der Waals surface area contributed by atoms with Crippen LogP contribution in [0.4, 0.5) is 5.13 Å². The molecular formula is C13H20N4O2S. The van der Waals surface area contributed by atoms with E-state index in [2.05, 4.69) is 15.2 Å². The van der Waals surface area contributed by atoms with Gasteiger partial charge < -0.3 is 10.2 Å². The van der Waals surface area contributed by atoms with E-state index < -0.39 is 0 Å². The number of nitrogens with zero attached hydrogens (tertiary/aromatic N) is 3. The van der Waals surface area contributed by atoms with Gasteiger partial charge >= 0.3 is 0 Å². The van der Waals surface area contributed by atoms with Gasteiger partial charge in [-0.1, -0.05) is 13.8 Å². The molecule has 2 heterocycles. The smallest absolute Gasteiger partial charge is 0.240 e. The van der Waals surface area contributed by atoms with Gasteiger partial charge in [0.2, 0.25) is 11.8 Å². The van der Waals surface area contributed by atoms with Gasteiger partial charge in [0.15, 0.2) is 5.13 Å². The summed E-state index contributed by atoms with van der Waals surface area (Å²) in [5, 5.41) is 5.22. The summed E-state index contributed by atoms with van der Waals surface area (Å²) in [5.74, 6) is 0.176. The molecule has 1 aliphatic rings. The molecule has 0 aliphatic carbocycles. The van der Waals surface area contributed by atoms with Crippen molar-refractivity contribution < 1.29 is 9.59 Å². The minimum atomic E-state index is -0.0522. The van der Waals surface area contributed by atoms with Gasteiger partial charge in [-0.2, -0.15) is 0 Å². The van der Waals surface area contributed by atoms with Crippen LogP contribution in [0.5, 0.6) is 0 Å². The van der Waals surface area contributed by atoms with Crippen LogP contribution < -0.4 is 5.32 Å². The first-order chi connectivity index (χ1) is 9.56. The van der Waals surface area contributed by atoms with Crippen LogP contribution in [0.25, 0.3) is 0 Å². The third-order valence-corrected chi connectivity index (χ3v) is 3.91. The minimum Gasteiger partial charge on any atom is -0.340 e. The van der Waals surface area contributed by atoms with Crippen LogP contribution in [0.2, 0.25) is 0 Å². The zero-order chi connectivity index (χ0) is 14.5. The van der Waals surface area contributed by atoms with E-state index in [-0.39, 0.29) is 17.7 Å². The Morgan fingerprint density at radius 3 is 2.60 bits per heavy atom. The van der Waals surface area contributed by atoms with E-state index in [4.69, 9.17) is 0 Å². The molecule has 0 unspecified atom stereocenters. The predicted octanol–water partition coefficient (Wildman–Crippen LogP) is 0.882. The fourth-order valence-electron chi connectivity index (χ4n) is 2.14. The normalized spacial score (nSPS) is 16.4. The molecule has 1 aromatic rings. The zero-order valence-electron chi connectivity index (χ0n) is 11.8. The molecule has 0 atom stereocenters. The molecule has 1 N–H and O–H groups in total. The Kier molecular flexibility index (Phi) is 5.08. The van der Waals surface area contributed by atoms with Crippen LogP contribution in [0, 0.1) is 5.92 Å². The summed E-state index contributed by atoms with van der Waals surface area (Å²) in [7, 11) is 0. The largest absolute Gasteiger partial charge is 0.340 e. The zero-order valence-corrected chi connectivity index (χ0v) is 12.7. The quantitative estimate of drug-likeness (QED) is 0.896. The van der Waals surface area contributed by atoms with Crippen LogP contribution in [0.15, 0.2) is 11.6 Å². The average Bonchev–Trinajstić information content (AvgIpc) is 2.91. The highest BCUT2D eigenvalue weighted by molar-refractivity contribution is 7.13. The van der Waals surface area contributed by atoms with Crippen molar-refractivity contribution in [1.29, 1.82) is 0 Å². The SMILES string of the molecule is CC(C)C(=O)N1CCN(CC(=O)Nc2nccs2)CC1. The van der Waals surface area contributed by atoms with Crippen molar-refractivity contribution in [2.75, 3.05) is 38.0 Å². The topological polar surface area (TPSA) is 65.5 Å². The maximum Gasteiger partial charge on any atom is 0.240 e. The van der Waals surface area contributed by atoms with Crippen molar-refractivity contribution in [2.45, 2.75) is 13.8 Å². The number of hydrogen-bond acceptors (Lipinski definition) is 5. The van der Waals surface area contributed by atoms with Crippen LogP contribution in [0.3, 0.4) is 0 Å². The third-order valence-electron chi connectivity index (χ3n) is 3.22. The fourth-order valence-corrected chi connectivity index (χ4v) is 2.68. The van der Waals surface area contributed by atoms with Crippen LogP contribution in [0.1, 0.15) is 13.8 Å². The van der Waals surface area contributed by atoms with Gasteiger partial charge in [-0.25, -0.2) is 4.98 Å². The number of carbonyl (C=O) groups is 2. The lowest BCUT2D eigenvalue weighted by molar-refractivity contribution is -0.136. The van der Waals surface area contributed by atoms with E-state index in [9.17, 15) is 9.59 Å². The second-order valence-electron chi connectivity index (χ2n) is 5.14. The molecule has 1 aromatic heterocycles. The molecule has 1 aliphatic heterocycles. The van der Waals surface area contributed by atoms with Gasteiger partial charge in [0.25, 0.3) is 0 Å². The number of hydrogen-bond donors (Lipinski definition) is 1. The Morgan fingerprint density at radius 1 is 1.35 bits per heavy atom. The second kappa shape index (κ2) is 6.81. The summed E-state index contributed by atoms with van der Waals surface area (Å²) in [6.45, 7) is 7.05. The molecule has 110 valence electrons. The molecule has 7 heteroatoms. The third kappa shape index (κ3) is 4.01. The molecule has 1 saturated heterocycles. The van der Waals surface area contributed by atoms with E-state index in [0.29, 0.717) is 24.8 Å². The van der Waals surface area contributed by atoms with Gasteiger partial charge in [-0.15, -0.1) is 11.3 Å².